The van der Waals surface area contributed by atoms with Crippen molar-refractivity contribution in [3.8, 4) is 6.07 Å². The zero-order valence-electron chi connectivity index (χ0n) is 10.7. The molecule has 0 saturated heterocycles. The summed E-state index contributed by atoms with van der Waals surface area (Å²) >= 11 is 0. The highest BCUT2D eigenvalue weighted by atomic mass is 15.2. The van der Waals surface area contributed by atoms with Gasteiger partial charge in [-0.25, -0.2) is 4.98 Å². The van der Waals surface area contributed by atoms with Gasteiger partial charge in [0, 0.05) is 19.4 Å². The van der Waals surface area contributed by atoms with Gasteiger partial charge in [0.15, 0.2) is 0 Å². The summed E-state index contributed by atoms with van der Waals surface area (Å²) < 4.78 is 0. The highest BCUT2D eigenvalue weighted by molar-refractivity contribution is 4.81. The van der Waals surface area contributed by atoms with Gasteiger partial charge in [-0.1, -0.05) is 13.8 Å². The Kier molecular flexibility index (Phi) is 5.64. The standard InChI is InChI=1S/C12H21N5/c1-12(2,6-4-7-13)9-14-8-3-5-11-15-10-16-17-11/h10,14H,3-6,8-9H2,1-2H3,(H,15,16,17). The van der Waals surface area contributed by atoms with E-state index in [0.717, 1.165) is 38.2 Å². The molecule has 2 N–H and O–H groups in total. The van der Waals surface area contributed by atoms with E-state index in [1.165, 1.54) is 6.33 Å². The molecule has 0 radical (unpaired) electrons. The van der Waals surface area contributed by atoms with E-state index in [0.29, 0.717) is 6.42 Å². The van der Waals surface area contributed by atoms with Gasteiger partial charge in [-0.2, -0.15) is 10.4 Å². The molecule has 0 aliphatic heterocycles. The average molecular weight is 235 g/mol. The zero-order valence-corrected chi connectivity index (χ0v) is 10.7. The first kappa shape index (κ1) is 13.7. The Hall–Kier alpha value is -1.41. The lowest BCUT2D eigenvalue weighted by atomic mass is 9.88. The van der Waals surface area contributed by atoms with Gasteiger partial charge >= 0.3 is 0 Å². The van der Waals surface area contributed by atoms with Crippen LogP contribution in [-0.4, -0.2) is 28.3 Å². The quantitative estimate of drug-likeness (QED) is 0.672. The van der Waals surface area contributed by atoms with Crippen LogP contribution in [0.25, 0.3) is 0 Å². The van der Waals surface area contributed by atoms with Crippen LogP contribution in [0.15, 0.2) is 6.33 Å². The number of nitrogens with zero attached hydrogens (tertiary/aromatic N) is 3. The summed E-state index contributed by atoms with van der Waals surface area (Å²) in [6.07, 6.45) is 5.08. The van der Waals surface area contributed by atoms with Gasteiger partial charge in [-0.05, 0) is 24.8 Å². The van der Waals surface area contributed by atoms with Crippen molar-refractivity contribution in [1.29, 1.82) is 5.26 Å². The lowest BCUT2D eigenvalue weighted by Gasteiger charge is -2.23. The Balaban J connectivity index is 2.05. The summed E-state index contributed by atoms with van der Waals surface area (Å²) in [7, 11) is 0. The SMILES string of the molecule is CC(C)(CCC#N)CNCCCc1ncn[nH]1. The molecule has 0 unspecified atom stereocenters. The van der Waals surface area contributed by atoms with Gasteiger partial charge in [0.25, 0.3) is 0 Å². The van der Waals surface area contributed by atoms with Crippen LogP contribution in [0.1, 0.15) is 38.9 Å². The fourth-order valence-electron chi connectivity index (χ4n) is 1.64. The summed E-state index contributed by atoms with van der Waals surface area (Å²) in [4.78, 5) is 4.07. The summed E-state index contributed by atoms with van der Waals surface area (Å²) in [6, 6.07) is 2.20. The Morgan fingerprint density at radius 1 is 1.53 bits per heavy atom. The highest BCUT2D eigenvalue weighted by Crippen LogP contribution is 2.20. The van der Waals surface area contributed by atoms with Crippen LogP contribution >= 0.6 is 0 Å². The fourth-order valence-corrected chi connectivity index (χ4v) is 1.64. The first-order valence-electron chi connectivity index (χ1n) is 6.06. The van der Waals surface area contributed by atoms with E-state index in [4.69, 9.17) is 5.26 Å². The van der Waals surface area contributed by atoms with E-state index < -0.39 is 0 Å². The maximum Gasteiger partial charge on any atom is 0.137 e. The number of hydrogen-bond donors (Lipinski definition) is 2. The van der Waals surface area contributed by atoms with E-state index in [2.05, 4.69) is 40.4 Å². The van der Waals surface area contributed by atoms with Crippen LogP contribution in [0.3, 0.4) is 0 Å². The molecule has 1 heterocycles. The molecule has 1 aromatic heterocycles. The maximum absolute atomic E-state index is 8.56. The predicted molar refractivity (Wildman–Crippen MR) is 66.2 cm³/mol. The predicted octanol–water partition coefficient (Wildman–Crippen LogP) is 1.66. The molecule has 0 spiro atoms. The van der Waals surface area contributed by atoms with E-state index >= 15 is 0 Å². The van der Waals surface area contributed by atoms with Crippen molar-refractivity contribution in [2.24, 2.45) is 5.41 Å². The van der Waals surface area contributed by atoms with Gasteiger partial charge in [0.1, 0.15) is 12.2 Å². The minimum atomic E-state index is 0.196. The molecule has 5 heteroatoms. The largest absolute Gasteiger partial charge is 0.316 e. The van der Waals surface area contributed by atoms with Crippen molar-refractivity contribution >= 4 is 0 Å². The fraction of sp³-hybridized carbons (Fsp3) is 0.750. The second-order valence-electron chi connectivity index (χ2n) is 5.03. The lowest BCUT2D eigenvalue weighted by Crippen LogP contribution is -2.30. The third-order valence-corrected chi connectivity index (χ3v) is 2.75. The molecule has 0 aliphatic carbocycles. The Labute approximate surface area is 103 Å². The molecule has 1 rings (SSSR count). The molecule has 0 fully saturated rings. The molecule has 17 heavy (non-hydrogen) atoms. The van der Waals surface area contributed by atoms with Crippen LogP contribution in [0, 0.1) is 16.7 Å². The van der Waals surface area contributed by atoms with Crippen molar-refractivity contribution < 1.29 is 0 Å². The van der Waals surface area contributed by atoms with E-state index in [1.807, 2.05) is 0 Å². The highest BCUT2D eigenvalue weighted by Gasteiger charge is 2.16. The third-order valence-electron chi connectivity index (χ3n) is 2.75. The third kappa shape index (κ3) is 6.03. The molecule has 94 valence electrons. The van der Waals surface area contributed by atoms with Crippen molar-refractivity contribution in [2.75, 3.05) is 13.1 Å². The summed E-state index contributed by atoms with van der Waals surface area (Å²) in [5.74, 6) is 0.940. The van der Waals surface area contributed by atoms with Gasteiger partial charge in [-0.15, -0.1) is 0 Å². The smallest absolute Gasteiger partial charge is 0.137 e. The number of aryl methyl sites for hydroxylation is 1. The Morgan fingerprint density at radius 2 is 2.35 bits per heavy atom. The van der Waals surface area contributed by atoms with Crippen LogP contribution in [0.5, 0.6) is 0 Å². The number of aromatic nitrogens is 3. The molecule has 0 amide bonds. The van der Waals surface area contributed by atoms with Crippen molar-refractivity contribution in [3.05, 3.63) is 12.2 Å². The maximum atomic E-state index is 8.56. The van der Waals surface area contributed by atoms with Crippen LogP contribution in [-0.2, 0) is 6.42 Å². The molecule has 5 nitrogen and oxygen atoms in total. The lowest BCUT2D eigenvalue weighted by molar-refractivity contribution is 0.318. The van der Waals surface area contributed by atoms with Crippen LogP contribution in [0.4, 0.5) is 0 Å². The number of nitrogens with one attached hydrogen (secondary N) is 2. The summed E-state index contributed by atoms with van der Waals surface area (Å²) in [5, 5.41) is 18.6. The van der Waals surface area contributed by atoms with E-state index in [1.54, 1.807) is 0 Å². The number of nitriles is 1. The molecule has 0 bridgehead atoms. The number of rotatable bonds is 8. The van der Waals surface area contributed by atoms with Crippen molar-refractivity contribution in [3.63, 3.8) is 0 Å². The van der Waals surface area contributed by atoms with Crippen LogP contribution < -0.4 is 5.32 Å². The molecule has 0 aliphatic rings. The first-order valence-corrected chi connectivity index (χ1v) is 6.06. The number of aromatic amines is 1. The number of hydrogen-bond acceptors (Lipinski definition) is 4. The van der Waals surface area contributed by atoms with Crippen molar-refractivity contribution in [1.82, 2.24) is 20.5 Å². The summed E-state index contributed by atoms with van der Waals surface area (Å²) in [6.45, 7) is 6.29. The second-order valence-corrected chi connectivity index (χ2v) is 5.03. The van der Waals surface area contributed by atoms with Gasteiger partial charge < -0.3 is 5.32 Å². The summed E-state index contributed by atoms with van der Waals surface area (Å²) in [5.41, 5.74) is 0.196. The molecular formula is C12H21N5. The average Bonchev–Trinajstić information content (AvgIpc) is 2.79. The molecule has 0 aromatic carbocycles. The normalized spacial score (nSPS) is 11.4. The number of H-pyrrole nitrogens is 1. The first-order chi connectivity index (χ1) is 8.14. The van der Waals surface area contributed by atoms with Gasteiger partial charge in [-0.3, -0.25) is 5.10 Å². The van der Waals surface area contributed by atoms with Crippen LogP contribution in [0.2, 0.25) is 0 Å². The minimum absolute atomic E-state index is 0.196. The van der Waals surface area contributed by atoms with Crippen molar-refractivity contribution in [2.45, 2.75) is 39.5 Å². The molecular weight excluding hydrogens is 214 g/mol. The second kappa shape index (κ2) is 7.02. The Morgan fingerprint density at radius 3 is 3.00 bits per heavy atom. The van der Waals surface area contributed by atoms with E-state index in [9.17, 15) is 0 Å². The minimum Gasteiger partial charge on any atom is -0.316 e. The van der Waals surface area contributed by atoms with Gasteiger partial charge in [0.2, 0.25) is 0 Å². The topological polar surface area (TPSA) is 77.4 Å². The van der Waals surface area contributed by atoms with E-state index in [-0.39, 0.29) is 5.41 Å². The monoisotopic (exact) mass is 235 g/mol. The molecule has 1 aromatic rings. The molecule has 0 atom stereocenters. The Bertz CT molecular complexity index is 336. The van der Waals surface area contributed by atoms with Gasteiger partial charge in [0.05, 0.1) is 6.07 Å². The molecule has 0 saturated carbocycles. The zero-order chi connectivity index (χ0) is 12.6.